The van der Waals surface area contributed by atoms with Crippen LogP contribution in [0.25, 0.3) is 0 Å². The van der Waals surface area contributed by atoms with Gasteiger partial charge < -0.3 is 10.4 Å². The van der Waals surface area contributed by atoms with Crippen molar-refractivity contribution >= 4 is 11.9 Å². The van der Waals surface area contributed by atoms with Gasteiger partial charge in [-0.2, -0.15) is 0 Å². The molecule has 1 rings (SSSR count). The third kappa shape index (κ3) is 8.91. The molecule has 116 valence electrons. The summed E-state index contributed by atoms with van der Waals surface area (Å²) in [7, 11) is 0. The molecule has 0 aromatic rings. The number of carboxylic acids is 1. The molecule has 0 aliphatic carbocycles. The van der Waals surface area contributed by atoms with Crippen molar-refractivity contribution < 1.29 is 14.7 Å². The Morgan fingerprint density at radius 3 is 2.60 bits per heavy atom. The molecule has 1 atom stereocenters. The van der Waals surface area contributed by atoms with Crippen LogP contribution in [-0.2, 0) is 9.59 Å². The zero-order valence-corrected chi connectivity index (χ0v) is 12.3. The van der Waals surface area contributed by atoms with Crippen LogP contribution in [0.1, 0.15) is 70.6 Å². The molecule has 3 N–H and O–H groups in total. The highest BCUT2D eigenvalue weighted by atomic mass is 16.4. The Hall–Kier alpha value is -1.10. The zero-order valence-electron chi connectivity index (χ0n) is 12.3. The van der Waals surface area contributed by atoms with E-state index in [1.165, 1.54) is 12.8 Å². The third-order valence-electron chi connectivity index (χ3n) is 3.69. The summed E-state index contributed by atoms with van der Waals surface area (Å²) in [5.41, 5.74) is 0. The predicted molar refractivity (Wildman–Crippen MR) is 78.4 cm³/mol. The smallest absolute Gasteiger partial charge is 0.303 e. The van der Waals surface area contributed by atoms with E-state index < -0.39 is 5.97 Å². The van der Waals surface area contributed by atoms with Gasteiger partial charge in [-0.3, -0.25) is 14.9 Å². The number of amides is 1. The minimum atomic E-state index is -0.695. The van der Waals surface area contributed by atoms with Gasteiger partial charge in [0.1, 0.15) is 0 Å². The summed E-state index contributed by atoms with van der Waals surface area (Å²) in [5.74, 6) is -0.530. The van der Waals surface area contributed by atoms with E-state index in [0.717, 1.165) is 51.5 Å². The van der Waals surface area contributed by atoms with Crippen molar-refractivity contribution in [3.05, 3.63) is 0 Å². The predicted octanol–water partition coefficient (Wildman–Crippen LogP) is 2.41. The quantitative estimate of drug-likeness (QED) is 0.538. The summed E-state index contributed by atoms with van der Waals surface area (Å²) in [6, 6.07) is 0. The van der Waals surface area contributed by atoms with Gasteiger partial charge in [0, 0.05) is 12.8 Å². The number of hydrogen-bond acceptors (Lipinski definition) is 3. The Morgan fingerprint density at radius 2 is 1.85 bits per heavy atom. The fourth-order valence-electron chi connectivity index (χ4n) is 2.51. The highest BCUT2D eigenvalue weighted by molar-refractivity contribution is 5.76. The average molecular weight is 284 g/mol. The fraction of sp³-hybridized carbons (Fsp3) is 0.867. The molecule has 0 aromatic carbocycles. The molecule has 5 heteroatoms. The monoisotopic (exact) mass is 284 g/mol. The Balaban J connectivity index is 1.89. The first-order valence-corrected chi connectivity index (χ1v) is 7.93. The minimum Gasteiger partial charge on any atom is -0.481 e. The van der Waals surface area contributed by atoms with Crippen LogP contribution in [0.4, 0.5) is 0 Å². The van der Waals surface area contributed by atoms with E-state index in [1.54, 1.807) is 0 Å². The van der Waals surface area contributed by atoms with E-state index in [9.17, 15) is 9.59 Å². The number of rotatable bonds is 10. The maximum atomic E-state index is 11.4. The van der Waals surface area contributed by atoms with Crippen LogP contribution in [-0.4, -0.2) is 29.7 Å². The molecule has 0 aromatic heterocycles. The van der Waals surface area contributed by atoms with Crippen LogP contribution in [0.15, 0.2) is 0 Å². The second-order valence-corrected chi connectivity index (χ2v) is 5.59. The first-order chi connectivity index (χ1) is 9.68. The summed E-state index contributed by atoms with van der Waals surface area (Å²) >= 11 is 0. The van der Waals surface area contributed by atoms with Gasteiger partial charge >= 0.3 is 5.97 Å². The molecule has 1 fully saturated rings. The van der Waals surface area contributed by atoms with E-state index in [2.05, 4.69) is 10.6 Å². The van der Waals surface area contributed by atoms with Gasteiger partial charge in [0.25, 0.3) is 0 Å². The van der Waals surface area contributed by atoms with Gasteiger partial charge in [0.15, 0.2) is 0 Å². The molecule has 1 aliphatic heterocycles. The van der Waals surface area contributed by atoms with E-state index in [4.69, 9.17) is 5.11 Å². The van der Waals surface area contributed by atoms with Crippen LogP contribution in [0.5, 0.6) is 0 Å². The van der Waals surface area contributed by atoms with Crippen molar-refractivity contribution in [1.29, 1.82) is 0 Å². The Labute approximate surface area is 121 Å². The molecule has 1 heterocycles. The average Bonchev–Trinajstić information content (AvgIpc) is 2.61. The van der Waals surface area contributed by atoms with Crippen LogP contribution >= 0.6 is 0 Å². The maximum Gasteiger partial charge on any atom is 0.303 e. The number of unbranched alkanes of at least 4 members (excludes halogenated alkanes) is 5. The van der Waals surface area contributed by atoms with Crippen LogP contribution < -0.4 is 10.6 Å². The molecule has 1 aliphatic rings. The Morgan fingerprint density at radius 1 is 1.15 bits per heavy atom. The summed E-state index contributed by atoms with van der Waals surface area (Å²) < 4.78 is 0. The summed E-state index contributed by atoms with van der Waals surface area (Å²) in [4.78, 5) is 21.7. The number of nitrogens with one attached hydrogen (secondary N) is 2. The zero-order chi connectivity index (χ0) is 14.6. The number of hydrogen-bond donors (Lipinski definition) is 3. The summed E-state index contributed by atoms with van der Waals surface area (Å²) in [5, 5.41) is 14.9. The Bertz CT molecular complexity index is 295. The van der Waals surface area contributed by atoms with Gasteiger partial charge in [-0.1, -0.05) is 25.7 Å². The normalized spacial score (nSPS) is 19.4. The number of carbonyl (C=O) groups excluding carboxylic acids is 1. The molecule has 1 amide bonds. The summed E-state index contributed by atoms with van der Waals surface area (Å²) in [6.07, 6.45) is 10.6. The molecule has 0 bridgehead atoms. The lowest BCUT2D eigenvalue weighted by Crippen LogP contribution is -2.44. The van der Waals surface area contributed by atoms with Crippen LogP contribution in [0.2, 0.25) is 0 Å². The van der Waals surface area contributed by atoms with Gasteiger partial charge in [-0.25, -0.2) is 0 Å². The van der Waals surface area contributed by atoms with E-state index in [-0.39, 0.29) is 12.1 Å². The van der Waals surface area contributed by atoms with E-state index in [0.29, 0.717) is 12.8 Å². The highest BCUT2D eigenvalue weighted by Crippen LogP contribution is 2.09. The second kappa shape index (κ2) is 10.7. The third-order valence-corrected chi connectivity index (χ3v) is 3.69. The molecular formula is C15H28N2O3. The fourth-order valence-corrected chi connectivity index (χ4v) is 2.51. The lowest BCUT2D eigenvalue weighted by molar-refractivity contribution is -0.137. The van der Waals surface area contributed by atoms with Gasteiger partial charge in [-0.15, -0.1) is 0 Å². The highest BCUT2D eigenvalue weighted by Gasteiger charge is 2.14. The Kier molecular flexibility index (Phi) is 9.04. The van der Waals surface area contributed by atoms with Crippen molar-refractivity contribution in [2.75, 3.05) is 6.54 Å². The minimum absolute atomic E-state index is 0.153. The number of aliphatic carboxylic acids is 1. The van der Waals surface area contributed by atoms with E-state index in [1.807, 2.05) is 0 Å². The van der Waals surface area contributed by atoms with Crippen LogP contribution in [0, 0.1) is 0 Å². The number of carbonyl (C=O) groups is 2. The van der Waals surface area contributed by atoms with Crippen molar-refractivity contribution in [2.45, 2.75) is 76.8 Å². The second-order valence-electron chi connectivity index (χ2n) is 5.59. The maximum absolute atomic E-state index is 11.4. The molecule has 0 radical (unpaired) electrons. The molecule has 1 unspecified atom stereocenters. The largest absolute Gasteiger partial charge is 0.481 e. The number of carboxylic acid groups (broad SMARTS) is 1. The summed E-state index contributed by atoms with van der Waals surface area (Å²) in [6.45, 7) is 0.945. The first kappa shape index (κ1) is 17.0. The van der Waals surface area contributed by atoms with Crippen molar-refractivity contribution in [3.63, 3.8) is 0 Å². The van der Waals surface area contributed by atoms with E-state index >= 15 is 0 Å². The molecule has 0 saturated carbocycles. The van der Waals surface area contributed by atoms with Crippen LogP contribution in [0.3, 0.4) is 0 Å². The molecule has 5 nitrogen and oxygen atoms in total. The lowest BCUT2D eigenvalue weighted by Gasteiger charge is -2.17. The molecular weight excluding hydrogens is 256 g/mol. The molecule has 20 heavy (non-hydrogen) atoms. The van der Waals surface area contributed by atoms with Gasteiger partial charge in [0.05, 0.1) is 6.17 Å². The SMILES string of the molecule is O=C(O)CCCCCCCCNC1CCCCC(=O)N1. The molecule has 1 saturated heterocycles. The molecule has 0 spiro atoms. The van der Waals surface area contributed by atoms with Gasteiger partial charge in [0.2, 0.25) is 5.91 Å². The first-order valence-electron chi connectivity index (χ1n) is 7.93. The van der Waals surface area contributed by atoms with Crippen molar-refractivity contribution in [3.8, 4) is 0 Å². The van der Waals surface area contributed by atoms with Crippen molar-refractivity contribution in [1.82, 2.24) is 10.6 Å². The lowest BCUT2D eigenvalue weighted by atomic mass is 10.1. The standard InChI is InChI=1S/C15H28N2O3/c18-14-10-7-6-9-13(17-14)16-12-8-4-2-1-3-5-11-15(19)20/h13,16H,1-12H2,(H,17,18)(H,19,20). The van der Waals surface area contributed by atoms with Crippen molar-refractivity contribution in [2.24, 2.45) is 0 Å². The topological polar surface area (TPSA) is 78.4 Å². The van der Waals surface area contributed by atoms with Gasteiger partial charge in [-0.05, 0) is 38.6 Å².